The number of benzene rings is 5. The maximum atomic E-state index is 9.35. The molecule has 0 saturated carbocycles. The van der Waals surface area contributed by atoms with Crippen LogP contribution in [0.15, 0.2) is 145 Å². The van der Waals surface area contributed by atoms with Crippen LogP contribution in [0.4, 0.5) is 0 Å². The lowest BCUT2D eigenvalue weighted by atomic mass is 9.96. The lowest BCUT2D eigenvalue weighted by molar-refractivity contribution is 0.742. The second-order valence-corrected chi connectivity index (χ2v) is 9.84. The molecule has 0 aliphatic carbocycles. The van der Waals surface area contributed by atoms with Crippen molar-refractivity contribution in [2.24, 2.45) is 0 Å². The Hall–Kier alpha value is -5.33. The number of nitrogens with zero attached hydrogens (tertiary/aromatic N) is 2. The van der Waals surface area contributed by atoms with Gasteiger partial charge in [0.15, 0.2) is 0 Å². The summed E-state index contributed by atoms with van der Waals surface area (Å²) in [6.45, 7) is 0. The van der Waals surface area contributed by atoms with Gasteiger partial charge in [-0.3, -0.25) is 0 Å². The molecule has 2 heterocycles. The molecule has 0 radical (unpaired) electrons. The molecule has 0 saturated heterocycles. The first-order valence-electron chi connectivity index (χ1n) is 13.1. The van der Waals surface area contributed by atoms with Crippen molar-refractivity contribution < 1.29 is 0 Å². The quantitative estimate of drug-likeness (QED) is 0.263. The molecular formula is C36H25N3. The lowest BCUT2D eigenvalue weighted by Crippen LogP contribution is -2.16. The van der Waals surface area contributed by atoms with Crippen LogP contribution in [-0.4, -0.2) is 4.57 Å². The SMILES string of the molecule is N#CC1=CC(c2cccc(-c3ccc4c(c3)c3cc(-c5ccccc5)ccc3n4-c3ccccc3)c2)NC=C1. The van der Waals surface area contributed by atoms with Gasteiger partial charge in [0.05, 0.1) is 28.7 Å². The molecule has 1 aliphatic heterocycles. The van der Waals surface area contributed by atoms with Gasteiger partial charge >= 0.3 is 0 Å². The van der Waals surface area contributed by atoms with Gasteiger partial charge in [0, 0.05) is 16.5 Å². The number of fused-ring (bicyclic) bond motifs is 3. The van der Waals surface area contributed by atoms with Gasteiger partial charge in [0.2, 0.25) is 0 Å². The maximum Gasteiger partial charge on any atom is 0.0989 e. The zero-order chi connectivity index (χ0) is 26.2. The van der Waals surface area contributed by atoms with Crippen molar-refractivity contribution >= 4 is 21.8 Å². The molecule has 0 amide bonds. The lowest BCUT2D eigenvalue weighted by Gasteiger charge is -2.18. The summed E-state index contributed by atoms with van der Waals surface area (Å²) < 4.78 is 2.35. The van der Waals surface area contributed by atoms with E-state index in [9.17, 15) is 5.26 Å². The average molecular weight is 500 g/mol. The normalized spacial score (nSPS) is 14.6. The molecule has 5 aromatic carbocycles. The Morgan fingerprint density at radius 1 is 0.615 bits per heavy atom. The van der Waals surface area contributed by atoms with Crippen molar-refractivity contribution in [2.75, 3.05) is 0 Å². The summed E-state index contributed by atoms with van der Waals surface area (Å²) in [6, 6.07) is 45.5. The molecule has 0 fully saturated rings. The van der Waals surface area contributed by atoms with Gasteiger partial charge in [0.25, 0.3) is 0 Å². The first kappa shape index (κ1) is 22.8. The maximum absolute atomic E-state index is 9.35. The second-order valence-electron chi connectivity index (χ2n) is 9.84. The van der Waals surface area contributed by atoms with Gasteiger partial charge in [-0.1, -0.05) is 78.9 Å². The molecule has 1 unspecified atom stereocenters. The van der Waals surface area contributed by atoms with E-state index in [4.69, 9.17) is 0 Å². The van der Waals surface area contributed by atoms with Crippen molar-refractivity contribution in [3.8, 4) is 34.0 Å². The van der Waals surface area contributed by atoms with E-state index in [1.165, 1.54) is 32.9 Å². The third-order valence-corrected chi connectivity index (χ3v) is 7.48. The Kier molecular flexibility index (Phi) is 5.57. The van der Waals surface area contributed by atoms with E-state index < -0.39 is 0 Å². The molecule has 1 aromatic heterocycles. The molecule has 6 aromatic rings. The summed E-state index contributed by atoms with van der Waals surface area (Å²) >= 11 is 0. The molecule has 0 spiro atoms. The van der Waals surface area contributed by atoms with E-state index in [-0.39, 0.29) is 6.04 Å². The van der Waals surface area contributed by atoms with Crippen LogP contribution >= 0.6 is 0 Å². The zero-order valence-corrected chi connectivity index (χ0v) is 21.3. The van der Waals surface area contributed by atoms with Gasteiger partial charge in [-0.2, -0.15) is 5.26 Å². The van der Waals surface area contributed by atoms with Crippen molar-refractivity contribution in [2.45, 2.75) is 6.04 Å². The standard InChI is InChI=1S/C36H25N3/c37-24-25-18-19-38-34(20-25)30-11-7-10-27(21-30)29-15-17-36-33(23-29)32-22-28(26-8-3-1-4-9-26)14-16-35(32)39(36)31-12-5-2-6-13-31/h1-23,34,38H. The predicted octanol–water partition coefficient (Wildman–Crippen LogP) is 8.73. The minimum Gasteiger partial charge on any atom is -0.381 e. The third-order valence-electron chi connectivity index (χ3n) is 7.48. The Morgan fingerprint density at radius 3 is 1.92 bits per heavy atom. The number of rotatable bonds is 4. The number of nitriles is 1. The van der Waals surface area contributed by atoms with Crippen LogP contribution in [0, 0.1) is 11.3 Å². The minimum atomic E-state index is -0.0262. The Balaban J connectivity index is 1.41. The fraction of sp³-hybridized carbons (Fsp3) is 0.0278. The van der Waals surface area contributed by atoms with E-state index in [0.29, 0.717) is 5.57 Å². The highest BCUT2D eigenvalue weighted by Crippen LogP contribution is 2.37. The number of hydrogen-bond donors (Lipinski definition) is 1. The van der Waals surface area contributed by atoms with Crippen LogP contribution in [0.2, 0.25) is 0 Å². The number of allylic oxidation sites excluding steroid dienone is 2. The van der Waals surface area contributed by atoms with Gasteiger partial charge in [-0.15, -0.1) is 0 Å². The largest absolute Gasteiger partial charge is 0.381 e. The third kappa shape index (κ3) is 4.09. The molecule has 184 valence electrons. The second kappa shape index (κ2) is 9.52. The van der Waals surface area contributed by atoms with Gasteiger partial charge in [-0.25, -0.2) is 0 Å². The van der Waals surface area contributed by atoms with E-state index in [1.807, 2.05) is 12.3 Å². The number of para-hydroxylation sites is 1. The van der Waals surface area contributed by atoms with Gasteiger partial charge in [-0.05, 0) is 88.6 Å². The first-order chi connectivity index (χ1) is 19.3. The summed E-state index contributed by atoms with van der Waals surface area (Å²) in [4.78, 5) is 0. The molecule has 1 N–H and O–H groups in total. The van der Waals surface area contributed by atoms with E-state index in [1.54, 1.807) is 6.08 Å². The Labute approximate surface area is 227 Å². The molecule has 39 heavy (non-hydrogen) atoms. The van der Waals surface area contributed by atoms with Crippen LogP contribution in [-0.2, 0) is 0 Å². The smallest absolute Gasteiger partial charge is 0.0989 e. The number of aromatic nitrogens is 1. The van der Waals surface area contributed by atoms with Crippen LogP contribution in [0.1, 0.15) is 11.6 Å². The minimum absolute atomic E-state index is 0.0262. The molecule has 0 bridgehead atoms. The molecule has 1 aliphatic rings. The van der Waals surface area contributed by atoms with Crippen LogP contribution in [0.25, 0.3) is 49.7 Å². The van der Waals surface area contributed by atoms with Crippen molar-refractivity contribution in [1.29, 1.82) is 5.26 Å². The van der Waals surface area contributed by atoms with Crippen LogP contribution in [0.5, 0.6) is 0 Å². The highest BCUT2D eigenvalue weighted by Gasteiger charge is 2.16. The number of nitrogens with one attached hydrogen (secondary N) is 1. The van der Waals surface area contributed by atoms with Crippen molar-refractivity contribution in [3.05, 3.63) is 151 Å². The van der Waals surface area contributed by atoms with E-state index in [0.717, 1.165) is 22.4 Å². The predicted molar refractivity (Wildman–Crippen MR) is 160 cm³/mol. The molecule has 3 heteroatoms. The molecule has 3 nitrogen and oxygen atoms in total. The summed E-state index contributed by atoms with van der Waals surface area (Å²) in [5.74, 6) is 0. The fourth-order valence-electron chi connectivity index (χ4n) is 5.57. The fourth-order valence-corrected chi connectivity index (χ4v) is 5.57. The van der Waals surface area contributed by atoms with E-state index in [2.05, 4.69) is 137 Å². The summed E-state index contributed by atoms with van der Waals surface area (Å²) in [5.41, 5.74) is 10.1. The molecule has 1 atom stereocenters. The van der Waals surface area contributed by atoms with E-state index >= 15 is 0 Å². The number of hydrogen-bond acceptors (Lipinski definition) is 2. The monoisotopic (exact) mass is 499 g/mol. The molecular weight excluding hydrogens is 474 g/mol. The van der Waals surface area contributed by atoms with Gasteiger partial charge < -0.3 is 9.88 Å². The summed E-state index contributed by atoms with van der Waals surface area (Å²) in [7, 11) is 0. The van der Waals surface area contributed by atoms with Gasteiger partial charge in [0.1, 0.15) is 0 Å². The molecule has 7 rings (SSSR count). The zero-order valence-electron chi connectivity index (χ0n) is 21.3. The van der Waals surface area contributed by atoms with Crippen LogP contribution < -0.4 is 5.32 Å². The highest BCUT2D eigenvalue weighted by atomic mass is 15.0. The topological polar surface area (TPSA) is 40.8 Å². The number of dihydropyridines is 1. The van der Waals surface area contributed by atoms with Crippen molar-refractivity contribution in [1.82, 2.24) is 9.88 Å². The highest BCUT2D eigenvalue weighted by molar-refractivity contribution is 6.11. The average Bonchev–Trinajstić information content (AvgIpc) is 3.35. The van der Waals surface area contributed by atoms with Crippen molar-refractivity contribution in [3.63, 3.8) is 0 Å². The summed E-state index contributed by atoms with van der Waals surface area (Å²) in [5, 5.41) is 15.2. The summed E-state index contributed by atoms with van der Waals surface area (Å²) in [6.07, 6.45) is 5.63. The van der Waals surface area contributed by atoms with Crippen LogP contribution in [0.3, 0.4) is 0 Å². The Morgan fingerprint density at radius 2 is 1.23 bits per heavy atom. The first-order valence-corrected chi connectivity index (χ1v) is 13.1. The Bertz CT molecular complexity index is 1940.